The Kier molecular flexibility index (Phi) is 13.4. The lowest BCUT2D eigenvalue weighted by Crippen LogP contribution is -1.87. The topological polar surface area (TPSA) is 9.86 Å². The van der Waals surface area contributed by atoms with Crippen molar-refractivity contribution in [2.45, 2.75) is 155 Å². The van der Waals surface area contributed by atoms with Gasteiger partial charge in [0.2, 0.25) is 0 Å². The SMILES string of the molecule is CCCCCCCCCCCCc1cn(C)c2cc3ccc4c5cc6c(CCCCCCCCCCCC)cn(C)c6cc5ccc4c3cc12. The van der Waals surface area contributed by atoms with E-state index in [1.807, 2.05) is 0 Å². The monoisotopic (exact) mass is 671 g/mol. The van der Waals surface area contributed by atoms with E-state index in [1.54, 1.807) is 0 Å². The van der Waals surface area contributed by atoms with E-state index < -0.39 is 0 Å². The highest BCUT2D eigenvalue weighted by molar-refractivity contribution is 6.20. The molecule has 0 aliphatic rings. The summed E-state index contributed by atoms with van der Waals surface area (Å²) in [4.78, 5) is 0. The van der Waals surface area contributed by atoms with Gasteiger partial charge >= 0.3 is 0 Å². The Morgan fingerprint density at radius 2 is 0.700 bits per heavy atom. The van der Waals surface area contributed by atoms with Crippen LogP contribution in [0.1, 0.15) is 153 Å². The maximum absolute atomic E-state index is 2.52. The molecule has 0 bridgehead atoms. The summed E-state index contributed by atoms with van der Waals surface area (Å²) in [7, 11) is 4.45. The number of rotatable bonds is 22. The lowest BCUT2D eigenvalue weighted by Gasteiger charge is -2.10. The molecule has 0 aliphatic heterocycles. The van der Waals surface area contributed by atoms with Gasteiger partial charge in [-0.25, -0.2) is 0 Å². The van der Waals surface area contributed by atoms with Crippen LogP contribution in [0.2, 0.25) is 0 Å². The average Bonchev–Trinajstić information content (AvgIpc) is 3.61. The van der Waals surface area contributed by atoms with Crippen molar-refractivity contribution in [3.63, 3.8) is 0 Å². The van der Waals surface area contributed by atoms with Gasteiger partial charge in [-0.15, -0.1) is 0 Å². The molecule has 268 valence electrons. The first-order chi connectivity index (χ1) is 24.6. The molecule has 0 radical (unpaired) electrons. The first-order valence-electron chi connectivity index (χ1n) is 20.9. The van der Waals surface area contributed by atoms with E-state index in [4.69, 9.17) is 0 Å². The highest BCUT2D eigenvalue weighted by Crippen LogP contribution is 2.37. The van der Waals surface area contributed by atoms with Crippen LogP contribution in [0, 0.1) is 0 Å². The van der Waals surface area contributed by atoms with E-state index in [-0.39, 0.29) is 0 Å². The van der Waals surface area contributed by atoms with Crippen molar-refractivity contribution in [1.29, 1.82) is 0 Å². The molecule has 6 aromatic rings. The molecule has 0 spiro atoms. The van der Waals surface area contributed by atoms with Crippen molar-refractivity contribution in [2.24, 2.45) is 14.1 Å². The zero-order valence-corrected chi connectivity index (χ0v) is 32.2. The molecule has 2 heterocycles. The lowest BCUT2D eigenvalue weighted by molar-refractivity contribution is 0.556. The normalized spacial score (nSPS) is 12.2. The second kappa shape index (κ2) is 18.3. The van der Waals surface area contributed by atoms with Crippen LogP contribution < -0.4 is 0 Å². The van der Waals surface area contributed by atoms with E-state index in [2.05, 4.69) is 98.0 Å². The second-order valence-electron chi connectivity index (χ2n) is 15.8. The van der Waals surface area contributed by atoms with Gasteiger partial charge in [0.1, 0.15) is 0 Å². The number of unbranched alkanes of at least 4 members (excludes halogenated alkanes) is 18. The highest BCUT2D eigenvalue weighted by Gasteiger charge is 2.14. The Balaban J connectivity index is 1.16. The molecule has 2 aromatic heterocycles. The summed E-state index contributed by atoms with van der Waals surface area (Å²) in [6.07, 6.45) is 34.9. The molecule has 2 nitrogen and oxygen atoms in total. The van der Waals surface area contributed by atoms with Gasteiger partial charge in [0.05, 0.1) is 0 Å². The molecule has 0 fully saturated rings. The van der Waals surface area contributed by atoms with E-state index in [9.17, 15) is 0 Å². The Bertz CT molecular complexity index is 1820. The number of hydrogen-bond donors (Lipinski definition) is 0. The predicted molar refractivity (Wildman–Crippen MR) is 223 cm³/mol. The second-order valence-corrected chi connectivity index (χ2v) is 15.8. The molecule has 0 N–H and O–H groups in total. The van der Waals surface area contributed by atoms with Gasteiger partial charge in [-0.05, 0) is 93.4 Å². The maximum Gasteiger partial charge on any atom is 0.0486 e. The van der Waals surface area contributed by atoms with Crippen LogP contribution in [0.5, 0.6) is 0 Å². The predicted octanol–water partition coefficient (Wildman–Crippen LogP) is 15.1. The number of nitrogens with zero attached hydrogens (tertiary/aromatic N) is 2. The molecule has 4 aromatic carbocycles. The van der Waals surface area contributed by atoms with Crippen molar-refractivity contribution in [2.75, 3.05) is 0 Å². The van der Waals surface area contributed by atoms with Gasteiger partial charge in [0.15, 0.2) is 0 Å². The number of fused-ring (bicyclic) bond motifs is 7. The fourth-order valence-electron chi connectivity index (χ4n) is 8.79. The van der Waals surface area contributed by atoms with Crippen LogP contribution in [-0.4, -0.2) is 9.13 Å². The number of aromatic nitrogens is 2. The van der Waals surface area contributed by atoms with Crippen LogP contribution in [0.25, 0.3) is 54.1 Å². The summed E-state index contributed by atoms with van der Waals surface area (Å²) in [6.45, 7) is 4.61. The van der Waals surface area contributed by atoms with Crippen molar-refractivity contribution >= 4 is 54.1 Å². The lowest BCUT2D eigenvalue weighted by atomic mass is 9.94. The van der Waals surface area contributed by atoms with E-state index >= 15 is 0 Å². The van der Waals surface area contributed by atoms with E-state index in [0.29, 0.717) is 0 Å². The van der Waals surface area contributed by atoms with Crippen LogP contribution in [0.3, 0.4) is 0 Å². The molecule has 0 saturated carbocycles. The zero-order chi connectivity index (χ0) is 34.7. The fraction of sp³-hybridized carbons (Fsp3) is 0.542. The Hall–Kier alpha value is -3.26. The van der Waals surface area contributed by atoms with Crippen LogP contribution in [0.15, 0.2) is 60.9 Å². The summed E-state index contributed by atoms with van der Waals surface area (Å²) in [5.74, 6) is 0. The summed E-state index contributed by atoms with van der Waals surface area (Å²) in [6, 6.07) is 19.4. The number of benzene rings is 4. The van der Waals surface area contributed by atoms with E-state index in [1.165, 1.54) is 207 Å². The molecule has 0 amide bonds. The standard InChI is InChI=1S/C48H66N2/c1-5-7-9-11-13-15-17-19-21-23-25-39-35-49(3)47-31-37-27-30-42-41(43(37)33-45(39)47)29-28-38-32-48-46(34-44(38)42)40(36-50(48)4)26-24-22-20-18-16-14-12-10-8-6-2/h27-36H,5-26H2,1-4H3. The van der Waals surface area contributed by atoms with Crippen LogP contribution >= 0.6 is 0 Å². The first kappa shape index (κ1) is 36.5. The highest BCUT2D eigenvalue weighted by atomic mass is 14.9. The van der Waals surface area contributed by atoms with Crippen LogP contribution in [-0.2, 0) is 26.9 Å². The molecule has 0 aliphatic carbocycles. The average molecular weight is 671 g/mol. The molecular formula is C48H66N2. The molecule has 2 heteroatoms. The molecule has 6 rings (SSSR count). The van der Waals surface area contributed by atoms with Gasteiger partial charge in [0, 0.05) is 48.3 Å². The quantitative estimate of drug-likeness (QED) is 0.0502. The minimum absolute atomic E-state index is 1.18. The minimum atomic E-state index is 1.18. The van der Waals surface area contributed by atoms with Crippen LogP contribution in [0.4, 0.5) is 0 Å². The Morgan fingerprint density at radius 1 is 0.360 bits per heavy atom. The molecule has 0 atom stereocenters. The molecular weight excluding hydrogens is 605 g/mol. The van der Waals surface area contributed by atoms with Crippen molar-refractivity contribution < 1.29 is 0 Å². The third kappa shape index (κ3) is 8.78. The summed E-state index contributed by atoms with van der Waals surface area (Å²) >= 11 is 0. The van der Waals surface area contributed by atoms with Gasteiger partial charge in [-0.3, -0.25) is 0 Å². The third-order valence-corrected chi connectivity index (χ3v) is 11.8. The fourth-order valence-corrected chi connectivity index (χ4v) is 8.79. The Morgan fingerprint density at radius 3 is 1.06 bits per heavy atom. The zero-order valence-electron chi connectivity index (χ0n) is 32.2. The largest absolute Gasteiger partial charge is 0.350 e. The van der Waals surface area contributed by atoms with Gasteiger partial charge in [-0.2, -0.15) is 0 Å². The number of aryl methyl sites for hydroxylation is 4. The first-order valence-corrected chi connectivity index (χ1v) is 20.9. The summed E-state index contributed by atoms with van der Waals surface area (Å²) in [5.41, 5.74) is 5.76. The summed E-state index contributed by atoms with van der Waals surface area (Å²) < 4.78 is 4.71. The molecule has 0 saturated heterocycles. The number of hydrogen-bond acceptors (Lipinski definition) is 0. The van der Waals surface area contributed by atoms with Gasteiger partial charge in [0.25, 0.3) is 0 Å². The summed E-state index contributed by atoms with van der Waals surface area (Å²) in [5, 5.41) is 11.1. The minimum Gasteiger partial charge on any atom is -0.350 e. The van der Waals surface area contributed by atoms with Gasteiger partial charge in [-0.1, -0.05) is 154 Å². The van der Waals surface area contributed by atoms with E-state index in [0.717, 1.165) is 0 Å². The Labute approximate surface area is 303 Å². The van der Waals surface area contributed by atoms with Crippen molar-refractivity contribution in [3.05, 3.63) is 72.1 Å². The van der Waals surface area contributed by atoms with Crippen molar-refractivity contribution in [3.8, 4) is 0 Å². The smallest absolute Gasteiger partial charge is 0.0486 e. The maximum atomic E-state index is 2.52. The third-order valence-electron chi connectivity index (χ3n) is 11.8. The van der Waals surface area contributed by atoms with Crippen molar-refractivity contribution in [1.82, 2.24) is 9.13 Å². The molecule has 0 unspecified atom stereocenters. The molecule has 50 heavy (non-hydrogen) atoms. The van der Waals surface area contributed by atoms with Gasteiger partial charge < -0.3 is 9.13 Å².